The lowest BCUT2D eigenvalue weighted by Crippen LogP contribution is -2.43. The van der Waals surface area contributed by atoms with Gasteiger partial charge in [-0.15, -0.1) is 0 Å². The molecule has 1 saturated carbocycles. The van der Waals surface area contributed by atoms with E-state index in [4.69, 9.17) is 0 Å². The van der Waals surface area contributed by atoms with Crippen molar-refractivity contribution in [3.8, 4) is 0 Å². The van der Waals surface area contributed by atoms with Crippen LogP contribution in [0.5, 0.6) is 0 Å². The lowest BCUT2D eigenvalue weighted by Gasteiger charge is -2.44. The van der Waals surface area contributed by atoms with Crippen LogP contribution in [0, 0.1) is 5.82 Å². The van der Waals surface area contributed by atoms with E-state index in [0.717, 1.165) is 12.0 Å². The number of rotatable bonds is 0. The van der Waals surface area contributed by atoms with Gasteiger partial charge in [0.05, 0.1) is 0 Å². The van der Waals surface area contributed by atoms with Crippen LogP contribution in [0.4, 0.5) is 10.1 Å². The van der Waals surface area contributed by atoms with Crippen LogP contribution in [0.1, 0.15) is 69.8 Å². The Labute approximate surface area is 115 Å². The summed E-state index contributed by atoms with van der Waals surface area (Å²) in [6.07, 6.45) is 10.5. The van der Waals surface area contributed by atoms with Gasteiger partial charge < -0.3 is 5.32 Å². The molecule has 1 atom stereocenters. The SMILES string of the molecule is CC1CC2(CCCCCCC2)Nc2ccc(F)cc21. The molecule has 1 unspecified atom stereocenters. The zero-order chi connectivity index (χ0) is 13.3. The van der Waals surface area contributed by atoms with Crippen LogP contribution >= 0.6 is 0 Å². The topological polar surface area (TPSA) is 12.0 Å². The highest BCUT2D eigenvalue weighted by molar-refractivity contribution is 5.57. The maximum absolute atomic E-state index is 13.4. The van der Waals surface area contributed by atoms with Crippen molar-refractivity contribution in [1.82, 2.24) is 0 Å². The summed E-state index contributed by atoms with van der Waals surface area (Å²) in [5.41, 5.74) is 2.60. The van der Waals surface area contributed by atoms with Crippen LogP contribution < -0.4 is 5.32 Å². The normalized spacial score (nSPS) is 26.1. The number of hydrogen-bond acceptors (Lipinski definition) is 1. The van der Waals surface area contributed by atoms with E-state index < -0.39 is 0 Å². The second-order valence-corrected chi connectivity index (χ2v) is 6.51. The molecule has 0 amide bonds. The lowest BCUT2D eigenvalue weighted by atomic mass is 9.73. The summed E-state index contributed by atoms with van der Waals surface area (Å²) >= 11 is 0. The Morgan fingerprint density at radius 1 is 1.11 bits per heavy atom. The van der Waals surface area contributed by atoms with Gasteiger partial charge in [-0.05, 0) is 48.9 Å². The van der Waals surface area contributed by atoms with Gasteiger partial charge in [-0.25, -0.2) is 4.39 Å². The van der Waals surface area contributed by atoms with Gasteiger partial charge in [-0.3, -0.25) is 0 Å². The van der Waals surface area contributed by atoms with Crippen LogP contribution in [-0.4, -0.2) is 5.54 Å². The molecule has 1 aromatic rings. The third-order valence-electron chi connectivity index (χ3n) is 4.95. The molecular formula is C17H24FN. The van der Waals surface area contributed by atoms with Crippen molar-refractivity contribution in [3.63, 3.8) is 0 Å². The maximum Gasteiger partial charge on any atom is 0.123 e. The summed E-state index contributed by atoms with van der Waals surface area (Å²) < 4.78 is 13.4. The molecule has 0 saturated heterocycles. The number of hydrogen-bond donors (Lipinski definition) is 1. The number of nitrogens with one attached hydrogen (secondary N) is 1. The summed E-state index contributed by atoms with van der Waals surface area (Å²) in [7, 11) is 0. The zero-order valence-corrected chi connectivity index (χ0v) is 11.8. The minimum absolute atomic E-state index is 0.110. The molecule has 1 fully saturated rings. The molecule has 2 aliphatic rings. The molecule has 1 N–H and O–H groups in total. The standard InChI is InChI=1S/C17H24FN/c1-13-12-17(9-5-3-2-4-6-10-17)19-16-8-7-14(18)11-15(13)16/h7-8,11,13,19H,2-6,9-10,12H2,1H3. The molecule has 1 aromatic carbocycles. The van der Waals surface area contributed by atoms with Crippen LogP contribution in [-0.2, 0) is 0 Å². The third-order valence-corrected chi connectivity index (χ3v) is 4.95. The van der Waals surface area contributed by atoms with Crippen LogP contribution in [0.3, 0.4) is 0 Å². The monoisotopic (exact) mass is 261 g/mol. The molecule has 1 aliphatic carbocycles. The number of halogens is 1. The Bertz CT molecular complexity index is 447. The summed E-state index contributed by atoms with van der Waals surface area (Å²) in [5, 5.41) is 3.77. The Morgan fingerprint density at radius 3 is 2.53 bits per heavy atom. The Hall–Kier alpha value is -1.05. The fourth-order valence-electron chi connectivity index (χ4n) is 4.00. The Balaban J connectivity index is 1.88. The third kappa shape index (κ3) is 2.63. The van der Waals surface area contributed by atoms with Gasteiger partial charge in [0, 0.05) is 11.2 Å². The van der Waals surface area contributed by atoms with E-state index in [1.807, 2.05) is 6.07 Å². The largest absolute Gasteiger partial charge is 0.379 e. The summed E-state index contributed by atoms with van der Waals surface area (Å²) in [6, 6.07) is 5.23. The summed E-state index contributed by atoms with van der Waals surface area (Å²) in [5.74, 6) is 0.354. The van der Waals surface area contributed by atoms with Crippen LogP contribution in [0.25, 0.3) is 0 Å². The van der Waals surface area contributed by atoms with Gasteiger partial charge in [0.1, 0.15) is 5.82 Å². The van der Waals surface area contributed by atoms with E-state index in [1.54, 1.807) is 12.1 Å². The van der Waals surface area contributed by atoms with Crippen molar-refractivity contribution in [2.45, 2.75) is 69.7 Å². The average molecular weight is 261 g/mol. The second kappa shape index (κ2) is 5.15. The first kappa shape index (κ1) is 13.0. The Kier molecular flexibility index (Phi) is 3.51. The van der Waals surface area contributed by atoms with Crippen molar-refractivity contribution < 1.29 is 4.39 Å². The highest BCUT2D eigenvalue weighted by atomic mass is 19.1. The smallest absolute Gasteiger partial charge is 0.123 e. The molecule has 1 nitrogen and oxygen atoms in total. The highest BCUT2D eigenvalue weighted by Gasteiger charge is 2.36. The highest BCUT2D eigenvalue weighted by Crippen LogP contribution is 2.44. The molecule has 3 rings (SSSR count). The fourth-order valence-corrected chi connectivity index (χ4v) is 4.00. The quantitative estimate of drug-likeness (QED) is 0.674. The van der Waals surface area contributed by atoms with Crippen LogP contribution in [0.2, 0.25) is 0 Å². The van der Waals surface area contributed by atoms with Gasteiger partial charge in [-0.2, -0.15) is 0 Å². The van der Waals surface area contributed by atoms with Crippen molar-refractivity contribution in [1.29, 1.82) is 0 Å². The van der Waals surface area contributed by atoms with Crippen molar-refractivity contribution >= 4 is 5.69 Å². The van der Waals surface area contributed by atoms with E-state index in [2.05, 4.69) is 12.2 Å². The lowest BCUT2D eigenvalue weighted by molar-refractivity contribution is 0.299. The predicted octanol–water partition coefficient (Wildman–Crippen LogP) is 5.23. The van der Waals surface area contributed by atoms with E-state index in [0.29, 0.717) is 5.92 Å². The molecule has 0 aromatic heterocycles. The van der Waals surface area contributed by atoms with Gasteiger partial charge in [0.25, 0.3) is 0 Å². The van der Waals surface area contributed by atoms with E-state index in [-0.39, 0.29) is 11.4 Å². The molecular weight excluding hydrogens is 237 g/mol. The molecule has 2 heteroatoms. The first-order valence-corrected chi connectivity index (χ1v) is 7.76. The van der Waals surface area contributed by atoms with Crippen molar-refractivity contribution in [3.05, 3.63) is 29.6 Å². The second-order valence-electron chi connectivity index (χ2n) is 6.51. The van der Waals surface area contributed by atoms with Gasteiger partial charge in [0.15, 0.2) is 0 Å². The average Bonchev–Trinajstić information content (AvgIpc) is 2.36. The molecule has 104 valence electrons. The first-order chi connectivity index (χ1) is 9.19. The first-order valence-electron chi connectivity index (χ1n) is 7.76. The van der Waals surface area contributed by atoms with Crippen LogP contribution in [0.15, 0.2) is 18.2 Å². The molecule has 19 heavy (non-hydrogen) atoms. The summed E-state index contributed by atoms with van der Waals surface area (Å²) in [6.45, 7) is 2.25. The minimum Gasteiger partial charge on any atom is -0.379 e. The van der Waals surface area contributed by atoms with Gasteiger partial charge in [0.2, 0.25) is 0 Å². The Morgan fingerprint density at radius 2 is 1.79 bits per heavy atom. The molecule has 1 spiro atoms. The van der Waals surface area contributed by atoms with E-state index >= 15 is 0 Å². The van der Waals surface area contributed by atoms with E-state index in [1.165, 1.54) is 50.6 Å². The number of fused-ring (bicyclic) bond motifs is 1. The molecule has 0 radical (unpaired) electrons. The van der Waals surface area contributed by atoms with Gasteiger partial charge in [-0.1, -0.05) is 39.0 Å². The van der Waals surface area contributed by atoms with Crippen molar-refractivity contribution in [2.24, 2.45) is 0 Å². The predicted molar refractivity (Wildman–Crippen MR) is 78.1 cm³/mol. The number of benzene rings is 1. The maximum atomic E-state index is 13.4. The molecule has 1 aliphatic heterocycles. The zero-order valence-electron chi connectivity index (χ0n) is 11.8. The minimum atomic E-state index is -0.110. The van der Waals surface area contributed by atoms with Crippen molar-refractivity contribution in [2.75, 3.05) is 5.32 Å². The molecule has 1 heterocycles. The van der Waals surface area contributed by atoms with E-state index in [9.17, 15) is 4.39 Å². The fraction of sp³-hybridized carbons (Fsp3) is 0.647. The van der Waals surface area contributed by atoms with Gasteiger partial charge >= 0.3 is 0 Å². The summed E-state index contributed by atoms with van der Waals surface area (Å²) in [4.78, 5) is 0. The molecule has 0 bridgehead atoms. The number of anilines is 1.